The van der Waals surface area contributed by atoms with E-state index < -0.39 is 0 Å². The molecule has 1 aromatic carbocycles. The molecular weight excluding hydrogens is 396 g/mol. The first kappa shape index (κ1) is 28.5. The van der Waals surface area contributed by atoms with Gasteiger partial charge in [-0.05, 0) is 54.4 Å². The van der Waals surface area contributed by atoms with Crippen molar-refractivity contribution in [2.75, 3.05) is 6.61 Å². The fourth-order valence-corrected chi connectivity index (χ4v) is 4.58. The Hall–Kier alpha value is -1.51. The van der Waals surface area contributed by atoms with Crippen LogP contribution in [0.2, 0.25) is 0 Å². The Labute approximate surface area is 198 Å². The zero-order chi connectivity index (χ0) is 24.1. The van der Waals surface area contributed by atoms with Gasteiger partial charge in [0.15, 0.2) is 0 Å². The molecule has 0 aliphatic carbocycles. The second-order valence-corrected chi connectivity index (χ2v) is 10.6. The fourth-order valence-electron chi connectivity index (χ4n) is 4.58. The Balaban J connectivity index is 2.96. The number of benzene rings is 1. The van der Waals surface area contributed by atoms with E-state index in [1.807, 2.05) is 6.92 Å². The van der Waals surface area contributed by atoms with E-state index in [0.717, 1.165) is 54.4 Å². The van der Waals surface area contributed by atoms with Crippen LogP contribution in [0.4, 0.5) is 0 Å². The number of unbranched alkanes of at least 4 members (excludes halogenated alkanes) is 9. The van der Waals surface area contributed by atoms with Crippen LogP contribution in [0.5, 0.6) is 5.75 Å². The minimum atomic E-state index is -0.295. The van der Waals surface area contributed by atoms with Crippen LogP contribution in [0.15, 0.2) is 6.07 Å². The van der Waals surface area contributed by atoms with E-state index in [0.29, 0.717) is 12.4 Å². The minimum absolute atomic E-state index is 0.122. The molecule has 1 atom stereocenters. The summed E-state index contributed by atoms with van der Waals surface area (Å²) in [4.78, 5) is 13.2. The molecule has 0 fully saturated rings. The molecule has 3 heteroatoms. The van der Waals surface area contributed by atoms with Gasteiger partial charge in [-0.1, -0.05) is 105 Å². The lowest BCUT2D eigenvalue weighted by Gasteiger charge is -2.27. The Morgan fingerprint density at radius 1 is 0.906 bits per heavy atom. The second-order valence-electron chi connectivity index (χ2n) is 10.6. The van der Waals surface area contributed by atoms with Crippen molar-refractivity contribution in [2.45, 2.75) is 137 Å². The van der Waals surface area contributed by atoms with Gasteiger partial charge in [0.05, 0.1) is 12.5 Å². The van der Waals surface area contributed by atoms with E-state index in [1.165, 1.54) is 44.9 Å². The van der Waals surface area contributed by atoms with Crippen LogP contribution in [-0.2, 0) is 14.9 Å². The fraction of sp³-hybridized carbons (Fsp3) is 0.759. The van der Waals surface area contributed by atoms with Gasteiger partial charge in [-0.25, -0.2) is 0 Å². The van der Waals surface area contributed by atoms with E-state index in [9.17, 15) is 9.90 Å². The summed E-state index contributed by atoms with van der Waals surface area (Å²) in [6.07, 6.45) is 13.7. The van der Waals surface area contributed by atoms with Crippen molar-refractivity contribution < 1.29 is 14.6 Å². The Bertz CT molecular complexity index is 685. The lowest BCUT2D eigenvalue weighted by molar-refractivity contribution is -0.145. The summed E-state index contributed by atoms with van der Waals surface area (Å²) in [5, 5.41) is 11.0. The smallest absolute Gasteiger partial charge is 0.313 e. The summed E-state index contributed by atoms with van der Waals surface area (Å²) in [6, 6.07) is 2.07. The number of rotatable bonds is 15. The molecule has 0 bridgehead atoms. The van der Waals surface area contributed by atoms with Gasteiger partial charge in [0.25, 0.3) is 0 Å². The van der Waals surface area contributed by atoms with Gasteiger partial charge in [0, 0.05) is 0 Å². The molecule has 1 N–H and O–H groups in total. The number of ether oxygens (including phenoxy) is 1. The molecule has 1 aromatic rings. The van der Waals surface area contributed by atoms with Crippen molar-refractivity contribution in [3.05, 3.63) is 28.3 Å². The molecule has 0 amide bonds. The molecule has 32 heavy (non-hydrogen) atoms. The van der Waals surface area contributed by atoms with Gasteiger partial charge in [-0.15, -0.1) is 0 Å². The van der Waals surface area contributed by atoms with Crippen LogP contribution in [0.1, 0.15) is 140 Å². The Morgan fingerprint density at radius 3 is 2.00 bits per heavy atom. The molecule has 1 rings (SSSR count). The molecule has 1 unspecified atom stereocenters. The molecule has 0 aromatic heterocycles. The summed E-state index contributed by atoms with van der Waals surface area (Å²) in [7, 11) is 0. The number of aromatic hydroxyl groups is 1. The lowest BCUT2D eigenvalue weighted by atomic mass is 9.79. The number of carbonyl (C=O) groups excluding carboxylic acids is 1. The number of hydrogen-bond acceptors (Lipinski definition) is 3. The SMILES string of the molecule is CCCCCCCCOC(=O)C(CCCCCCC)c1c(C)cc(C(C)(C)C)c(O)c1C. The van der Waals surface area contributed by atoms with Crippen molar-refractivity contribution in [3.8, 4) is 5.75 Å². The standard InChI is InChI=1S/C29H50O3/c1-8-10-12-14-16-18-20-32-28(31)24(19-17-15-13-11-9-2)26-22(3)21-25(29(5,6)7)27(30)23(26)4/h21,24,30H,8-20H2,1-7H3. The highest BCUT2D eigenvalue weighted by Crippen LogP contribution is 2.40. The van der Waals surface area contributed by atoms with E-state index in [2.05, 4.69) is 47.6 Å². The quantitative estimate of drug-likeness (QED) is 0.216. The van der Waals surface area contributed by atoms with E-state index in [4.69, 9.17) is 4.74 Å². The first-order valence-electron chi connectivity index (χ1n) is 13.1. The summed E-state index contributed by atoms with van der Waals surface area (Å²) in [6.45, 7) is 15.3. The van der Waals surface area contributed by atoms with Crippen molar-refractivity contribution in [3.63, 3.8) is 0 Å². The van der Waals surface area contributed by atoms with Crippen LogP contribution < -0.4 is 0 Å². The van der Waals surface area contributed by atoms with Gasteiger partial charge in [-0.3, -0.25) is 4.79 Å². The number of hydrogen-bond donors (Lipinski definition) is 1. The van der Waals surface area contributed by atoms with Crippen LogP contribution in [0.3, 0.4) is 0 Å². The van der Waals surface area contributed by atoms with Gasteiger partial charge >= 0.3 is 5.97 Å². The van der Waals surface area contributed by atoms with Crippen LogP contribution in [-0.4, -0.2) is 17.7 Å². The van der Waals surface area contributed by atoms with Crippen molar-refractivity contribution in [2.24, 2.45) is 0 Å². The van der Waals surface area contributed by atoms with Crippen molar-refractivity contribution in [1.29, 1.82) is 0 Å². The minimum Gasteiger partial charge on any atom is -0.507 e. The number of phenolic OH excluding ortho intramolecular Hbond substituents is 1. The molecular formula is C29H50O3. The summed E-state index contributed by atoms with van der Waals surface area (Å²) in [5.41, 5.74) is 3.69. The molecule has 0 radical (unpaired) electrons. The van der Waals surface area contributed by atoms with Crippen LogP contribution >= 0.6 is 0 Å². The normalized spacial score (nSPS) is 12.7. The predicted octanol–water partition coefficient (Wildman–Crippen LogP) is 8.65. The largest absolute Gasteiger partial charge is 0.507 e. The maximum atomic E-state index is 13.2. The number of esters is 1. The molecule has 0 aliphatic rings. The third-order valence-electron chi connectivity index (χ3n) is 6.58. The number of phenols is 1. The Morgan fingerprint density at radius 2 is 1.44 bits per heavy atom. The summed E-state index contributed by atoms with van der Waals surface area (Å²) >= 11 is 0. The summed E-state index contributed by atoms with van der Waals surface area (Å²) in [5.74, 6) is -0.0856. The molecule has 3 nitrogen and oxygen atoms in total. The average Bonchev–Trinajstić information content (AvgIpc) is 2.73. The topological polar surface area (TPSA) is 46.5 Å². The molecule has 0 heterocycles. The van der Waals surface area contributed by atoms with Gasteiger partial charge in [-0.2, -0.15) is 0 Å². The van der Waals surface area contributed by atoms with Gasteiger partial charge < -0.3 is 9.84 Å². The molecule has 184 valence electrons. The predicted molar refractivity (Wildman–Crippen MR) is 137 cm³/mol. The third-order valence-corrected chi connectivity index (χ3v) is 6.58. The highest BCUT2D eigenvalue weighted by Gasteiger charge is 2.29. The Kier molecular flexibility index (Phi) is 13.0. The van der Waals surface area contributed by atoms with E-state index >= 15 is 0 Å². The van der Waals surface area contributed by atoms with Crippen molar-refractivity contribution in [1.82, 2.24) is 0 Å². The first-order chi connectivity index (χ1) is 15.1. The third kappa shape index (κ3) is 9.16. The zero-order valence-electron chi connectivity index (χ0n) is 22.1. The highest BCUT2D eigenvalue weighted by atomic mass is 16.5. The lowest BCUT2D eigenvalue weighted by Crippen LogP contribution is -2.20. The van der Waals surface area contributed by atoms with E-state index in [-0.39, 0.29) is 17.3 Å². The maximum Gasteiger partial charge on any atom is 0.313 e. The van der Waals surface area contributed by atoms with Crippen LogP contribution in [0.25, 0.3) is 0 Å². The first-order valence-corrected chi connectivity index (χ1v) is 13.1. The van der Waals surface area contributed by atoms with Crippen LogP contribution in [0, 0.1) is 13.8 Å². The van der Waals surface area contributed by atoms with E-state index in [1.54, 1.807) is 0 Å². The maximum absolute atomic E-state index is 13.2. The molecule has 0 saturated heterocycles. The monoisotopic (exact) mass is 446 g/mol. The zero-order valence-corrected chi connectivity index (χ0v) is 22.1. The molecule has 0 aliphatic heterocycles. The van der Waals surface area contributed by atoms with Gasteiger partial charge in [0.1, 0.15) is 5.75 Å². The van der Waals surface area contributed by atoms with Crippen molar-refractivity contribution >= 4 is 5.97 Å². The molecule has 0 saturated carbocycles. The summed E-state index contributed by atoms with van der Waals surface area (Å²) < 4.78 is 5.77. The average molecular weight is 447 g/mol. The molecule has 0 spiro atoms. The highest BCUT2D eigenvalue weighted by molar-refractivity contribution is 5.80. The second kappa shape index (κ2) is 14.6. The number of carbonyl (C=O) groups is 1. The van der Waals surface area contributed by atoms with Gasteiger partial charge in [0.2, 0.25) is 0 Å². The number of aryl methyl sites for hydroxylation is 1.